The number of carbonyl (C=O) groups excluding carboxylic acids is 1. The van der Waals surface area contributed by atoms with Gasteiger partial charge in [0.1, 0.15) is 16.9 Å². The van der Waals surface area contributed by atoms with E-state index in [0.29, 0.717) is 17.8 Å². The number of carbonyl (C=O) groups is 1. The molecule has 11 heteroatoms. The fraction of sp³-hybridized carbons (Fsp3) is 0.600. The number of aromatic nitrogens is 4. The number of aliphatic hydroxyl groups is 1. The number of nitrogens with zero attached hydrogens (tertiary/aromatic N) is 5. The Balaban J connectivity index is 1.82. The minimum absolute atomic E-state index is 0.0268. The molecule has 1 unspecified atom stereocenters. The lowest BCUT2D eigenvalue weighted by Crippen LogP contribution is -2.46. The van der Waals surface area contributed by atoms with Crippen molar-refractivity contribution in [1.82, 2.24) is 24.9 Å². The number of halogens is 3. The Labute approximate surface area is 178 Å². The highest BCUT2D eigenvalue weighted by Gasteiger charge is 2.35. The molecule has 1 N–H and O–H groups in total. The number of amides is 1. The summed E-state index contributed by atoms with van der Waals surface area (Å²) in [4.78, 5) is 20.1. The van der Waals surface area contributed by atoms with Crippen molar-refractivity contribution in [3.05, 3.63) is 35.3 Å². The van der Waals surface area contributed by atoms with E-state index in [1.165, 1.54) is 23.1 Å². The van der Waals surface area contributed by atoms with Crippen LogP contribution < -0.4 is 4.74 Å². The number of likely N-dealkylation sites (tertiary alicyclic amines) is 1. The van der Waals surface area contributed by atoms with Gasteiger partial charge in [-0.15, -0.1) is 0 Å². The Hall–Kier alpha value is -2.69. The lowest BCUT2D eigenvalue weighted by molar-refractivity contribution is -0.154. The van der Waals surface area contributed by atoms with Crippen molar-refractivity contribution < 1.29 is 27.8 Å². The fourth-order valence-corrected chi connectivity index (χ4v) is 3.66. The number of aryl methyl sites for hydroxylation is 1. The van der Waals surface area contributed by atoms with Gasteiger partial charge in [-0.25, -0.2) is 4.98 Å². The van der Waals surface area contributed by atoms with Crippen molar-refractivity contribution >= 4 is 5.91 Å². The van der Waals surface area contributed by atoms with E-state index in [0.717, 1.165) is 6.42 Å². The second-order valence-electron chi connectivity index (χ2n) is 8.31. The maximum Gasteiger partial charge on any atom is 0.422 e. The van der Waals surface area contributed by atoms with Gasteiger partial charge in [0.05, 0.1) is 11.7 Å². The van der Waals surface area contributed by atoms with Crippen molar-refractivity contribution in [2.24, 2.45) is 0 Å². The first kappa shape index (κ1) is 23.0. The summed E-state index contributed by atoms with van der Waals surface area (Å²) in [5.41, 5.74) is -0.125. The molecule has 170 valence electrons. The highest BCUT2D eigenvalue weighted by atomic mass is 19.4. The predicted octanol–water partition coefficient (Wildman–Crippen LogP) is 3.02. The molecule has 0 aliphatic carbocycles. The number of pyridine rings is 1. The summed E-state index contributed by atoms with van der Waals surface area (Å²) in [6, 6.07) is 2.52. The van der Waals surface area contributed by atoms with Crippen molar-refractivity contribution in [3.8, 4) is 5.88 Å². The second kappa shape index (κ2) is 8.45. The maximum atomic E-state index is 13.2. The number of rotatable bonds is 5. The summed E-state index contributed by atoms with van der Waals surface area (Å²) in [5.74, 6) is -0.814. The molecule has 0 spiro atoms. The van der Waals surface area contributed by atoms with Gasteiger partial charge in [0, 0.05) is 18.8 Å². The average molecular weight is 441 g/mol. The predicted molar refractivity (Wildman–Crippen MR) is 105 cm³/mol. The highest BCUT2D eigenvalue weighted by Crippen LogP contribution is 2.30. The lowest BCUT2D eigenvalue weighted by Gasteiger charge is -2.37. The van der Waals surface area contributed by atoms with Crippen LogP contribution in [-0.2, 0) is 5.60 Å². The number of ether oxygens (including phenoxy) is 1. The summed E-state index contributed by atoms with van der Waals surface area (Å²) < 4.78 is 42.5. The van der Waals surface area contributed by atoms with Gasteiger partial charge in [-0.3, -0.25) is 4.79 Å². The van der Waals surface area contributed by atoms with Crippen LogP contribution in [0.25, 0.3) is 0 Å². The van der Waals surface area contributed by atoms with Crippen LogP contribution in [0, 0.1) is 6.92 Å². The topological polar surface area (TPSA) is 93.4 Å². The first-order valence-corrected chi connectivity index (χ1v) is 9.98. The van der Waals surface area contributed by atoms with E-state index in [1.807, 2.05) is 6.92 Å². The van der Waals surface area contributed by atoms with E-state index >= 15 is 0 Å². The molecule has 2 aromatic heterocycles. The van der Waals surface area contributed by atoms with Gasteiger partial charge in [0.15, 0.2) is 6.61 Å². The standard InChI is InChI=1S/C20H26F3N5O3/c1-12-7-8-14(28-25-13(2)16(26-28)19(3,4)30)10-27(12)18(29)15-6-5-9-24-17(15)31-11-20(21,22)23/h5-6,9,12,14,30H,7-8,10-11H2,1-4H3/t12-,14?/m1/s1. The largest absolute Gasteiger partial charge is 0.467 e. The van der Waals surface area contributed by atoms with Crippen LogP contribution in [0.4, 0.5) is 13.2 Å². The Morgan fingerprint density at radius 3 is 2.61 bits per heavy atom. The number of alkyl halides is 3. The van der Waals surface area contributed by atoms with Crippen LogP contribution in [0.2, 0.25) is 0 Å². The van der Waals surface area contributed by atoms with Crippen molar-refractivity contribution in [3.63, 3.8) is 0 Å². The SMILES string of the molecule is Cc1nn(C2CC[C@@H](C)N(C(=O)c3cccnc3OCC(F)(F)F)C2)nc1C(C)(C)O. The molecule has 1 fully saturated rings. The number of piperidine rings is 1. The smallest absolute Gasteiger partial charge is 0.422 e. The van der Waals surface area contributed by atoms with Crippen molar-refractivity contribution in [2.45, 2.75) is 64.4 Å². The zero-order chi connectivity index (χ0) is 23.0. The Morgan fingerprint density at radius 1 is 1.29 bits per heavy atom. The first-order chi connectivity index (χ1) is 14.4. The lowest BCUT2D eigenvalue weighted by atomic mass is 9.98. The van der Waals surface area contributed by atoms with Gasteiger partial charge in [-0.2, -0.15) is 28.2 Å². The van der Waals surface area contributed by atoms with Crippen LogP contribution in [-0.4, -0.2) is 61.3 Å². The van der Waals surface area contributed by atoms with Crippen LogP contribution >= 0.6 is 0 Å². The van der Waals surface area contributed by atoms with E-state index in [9.17, 15) is 23.1 Å². The monoisotopic (exact) mass is 441 g/mol. The number of hydrogen-bond donors (Lipinski definition) is 1. The van der Waals surface area contributed by atoms with Gasteiger partial charge in [-0.1, -0.05) is 0 Å². The molecule has 3 heterocycles. The van der Waals surface area contributed by atoms with Gasteiger partial charge in [0.25, 0.3) is 5.91 Å². The Kier molecular flexibility index (Phi) is 6.26. The van der Waals surface area contributed by atoms with Crippen LogP contribution in [0.15, 0.2) is 18.3 Å². The third-order valence-electron chi connectivity index (χ3n) is 5.20. The quantitative estimate of drug-likeness (QED) is 0.767. The highest BCUT2D eigenvalue weighted by molar-refractivity contribution is 5.96. The van der Waals surface area contributed by atoms with Gasteiger partial charge in [0.2, 0.25) is 5.88 Å². The van der Waals surface area contributed by atoms with Crippen molar-refractivity contribution in [2.75, 3.05) is 13.2 Å². The molecule has 0 saturated carbocycles. The van der Waals surface area contributed by atoms with Gasteiger partial charge in [-0.05, 0) is 52.7 Å². The molecule has 1 aliphatic rings. The molecular formula is C20H26F3N5O3. The van der Waals surface area contributed by atoms with Crippen molar-refractivity contribution in [1.29, 1.82) is 0 Å². The summed E-state index contributed by atoms with van der Waals surface area (Å²) in [6.07, 6.45) is -1.88. The molecule has 0 aromatic carbocycles. The third-order valence-corrected chi connectivity index (χ3v) is 5.20. The Bertz CT molecular complexity index is 939. The molecule has 0 radical (unpaired) electrons. The molecule has 31 heavy (non-hydrogen) atoms. The second-order valence-corrected chi connectivity index (χ2v) is 8.31. The minimum Gasteiger partial charge on any atom is -0.467 e. The summed E-state index contributed by atoms with van der Waals surface area (Å²) >= 11 is 0. The Morgan fingerprint density at radius 2 is 2.00 bits per heavy atom. The summed E-state index contributed by atoms with van der Waals surface area (Å²) in [5, 5.41) is 19.1. The van der Waals surface area contributed by atoms with Crippen LogP contribution in [0.5, 0.6) is 5.88 Å². The van der Waals surface area contributed by atoms with E-state index in [2.05, 4.69) is 15.2 Å². The molecule has 8 nitrogen and oxygen atoms in total. The fourth-order valence-electron chi connectivity index (χ4n) is 3.66. The molecule has 3 rings (SSSR count). The molecule has 1 amide bonds. The zero-order valence-corrected chi connectivity index (χ0v) is 17.8. The molecular weight excluding hydrogens is 415 g/mol. The van der Waals surface area contributed by atoms with Gasteiger partial charge < -0.3 is 14.7 Å². The zero-order valence-electron chi connectivity index (χ0n) is 17.8. The van der Waals surface area contributed by atoms with Gasteiger partial charge >= 0.3 is 6.18 Å². The van der Waals surface area contributed by atoms with E-state index in [-0.39, 0.29) is 30.1 Å². The van der Waals surface area contributed by atoms with E-state index in [4.69, 9.17) is 4.74 Å². The maximum absolute atomic E-state index is 13.2. The van der Waals surface area contributed by atoms with E-state index in [1.54, 1.807) is 25.7 Å². The average Bonchev–Trinajstić information content (AvgIpc) is 3.08. The van der Waals surface area contributed by atoms with Crippen LogP contribution in [0.1, 0.15) is 61.4 Å². The summed E-state index contributed by atoms with van der Waals surface area (Å²) in [6.45, 7) is 5.62. The first-order valence-electron chi connectivity index (χ1n) is 9.98. The van der Waals surface area contributed by atoms with E-state index < -0.39 is 24.3 Å². The molecule has 2 atom stereocenters. The van der Waals surface area contributed by atoms with Crippen LogP contribution in [0.3, 0.4) is 0 Å². The molecule has 1 aliphatic heterocycles. The normalized spacial score (nSPS) is 20.1. The molecule has 2 aromatic rings. The minimum atomic E-state index is -4.54. The molecule has 0 bridgehead atoms. The number of hydrogen-bond acceptors (Lipinski definition) is 6. The third kappa shape index (κ3) is 5.33. The molecule has 1 saturated heterocycles. The summed E-state index contributed by atoms with van der Waals surface area (Å²) in [7, 11) is 0.